The van der Waals surface area contributed by atoms with Gasteiger partial charge in [-0.3, -0.25) is 4.79 Å². The number of carbonyl (C=O) groups excluding carboxylic acids is 1. The van der Waals surface area contributed by atoms with E-state index in [1.807, 2.05) is 31.2 Å². The van der Waals surface area contributed by atoms with Crippen LogP contribution < -0.4 is 10.1 Å². The summed E-state index contributed by atoms with van der Waals surface area (Å²) in [7, 11) is 0. The van der Waals surface area contributed by atoms with Crippen molar-refractivity contribution in [1.29, 1.82) is 0 Å². The minimum absolute atomic E-state index is 0.0511. The monoisotopic (exact) mass is 410 g/mol. The molecule has 3 rings (SSSR count). The van der Waals surface area contributed by atoms with E-state index in [0.717, 1.165) is 51.1 Å². The van der Waals surface area contributed by atoms with Gasteiger partial charge in [-0.25, -0.2) is 0 Å². The Bertz CT molecular complexity index is 741. The first-order valence-electron chi connectivity index (χ1n) is 11.1. The fraction of sp³-hybridized carbons (Fsp3) is 0.480. The molecule has 5 nitrogen and oxygen atoms in total. The van der Waals surface area contributed by atoms with Crippen molar-refractivity contribution in [2.24, 2.45) is 0 Å². The predicted molar refractivity (Wildman–Crippen MR) is 120 cm³/mol. The van der Waals surface area contributed by atoms with Crippen molar-refractivity contribution in [2.75, 3.05) is 39.4 Å². The highest BCUT2D eigenvalue weighted by atomic mass is 16.5. The molecule has 2 aromatic carbocycles. The number of nitrogens with zero attached hydrogens (tertiary/aromatic N) is 1. The van der Waals surface area contributed by atoms with Crippen LogP contribution in [0.3, 0.4) is 0 Å². The molecule has 1 amide bonds. The molecule has 0 bridgehead atoms. The lowest BCUT2D eigenvalue weighted by Crippen LogP contribution is -2.39. The van der Waals surface area contributed by atoms with E-state index in [2.05, 4.69) is 40.5 Å². The highest BCUT2D eigenvalue weighted by molar-refractivity contribution is 5.94. The maximum atomic E-state index is 12.2. The molecular formula is C25H34N2O3. The van der Waals surface area contributed by atoms with E-state index < -0.39 is 0 Å². The lowest BCUT2D eigenvalue weighted by atomic mass is 10.1. The minimum Gasteiger partial charge on any atom is -0.490 e. The fourth-order valence-corrected chi connectivity index (χ4v) is 3.68. The Morgan fingerprint density at radius 1 is 1.07 bits per heavy atom. The number of nitrogens with one attached hydrogen (secondary N) is 1. The molecule has 0 atom stereocenters. The molecule has 1 heterocycles. The third-order valence-electron chi connectivity index (χ3n) is 5.47. The molecule has 1 saturated heterocycles. The molecule has 0 radical (unpaired) electrons. The van der Waals surface area contributed by atoms with E-state index >= 15 is 0 Å². The first-order chi connectivity index (χ1) is 14.7. The van der Waals surface area contributed by atoms with Crippen molar-refractivity contribution in [3.63, 3.8) is 0 Å². The molecule has 162 valence electrons. The zero-order valence-electron chi connectivity index (χ0n) is 18.0. The van der Waals surface area contributed by atoms with Crippen molar-refractivity contribution in [2.45, 2.75) is 38.7 Å². The predicted octanol–water partition coefficient (Wildman–Crippen LogP) is 3.93. The molecule has 0 unspecified atom stereocenters. The molecule has 0 aromatic heterocycles. The molecule has 1 fully saturated rings. The lowest BCUT2D eigenvalue weighted by molar-refractivity contribution is 0.0943. The van der Waals surface area contributed by atoms with E-state index in [9.17, 15) is 4.79 Å². The van der Waals surface area contributed by atoms with Gasteiger partial charge < -0.3 is 19.7 Å². The SMILES string of the molecule is CCOCCCNC(=O)c1ccc(OC2CCN(CCc3ccccc3)CC2)cc1. The van der Waals surface area contributed by atoms with Crippen molar-refractivity contribution in [3.8, 4) is 5.75 Å². The van der Waals surface area contributed by atoms with Gasteiger partial charge in [0.2, 0.25) is 0 Å². The Kier molecular flexibility index (Phi) is 9.19. The molecule has 0 spiro atoms. The largest absolute Gasteiger partial charge is 0.490 e. The Balaban J connectivity index is 1.35. The Morgan fingerprint density at radius 3 is 2.50 bits per heavy atom. The van der Waals surface area contributed by atoms with Crippen LogP contribution in [0.25, 0.3) is 0 Å². The van der Waals surface area contributed by atoms with Gasteiger partial charge in [-0.2, -0.15) is 0 Å². The van der Waals surface area contributed by atoms with Crippen molar-refractivity contribution < 1.29 is 14.3 Å². The van der Waals surface area contributed by atoms with Crippen LogP contribution >= 0.6 is 0 Å². The molecule has 0 saturated carbocycles. The van der Waals surface area contributed by atoms with Crippen molar-refractivity contribution >= 4 is 5.91 Å². The number of hydrogen-bond acceptors (Lipinski definition) is 4. The van der Waals surface area contributed by atoms with Crippen molar-refractivity contribution in [1.82, 2.24) is 10.2 Å². The van der Waals surface area contributed by atoms with Gasteiger partial charge in [0.05, 0.1) is 0 Å². The minimum atomic E-state index is -0.0511. The summed E-state index contributed by atoms with van der Waals surface area (Å²) in [4.78, 5) is 14.7. The average molecular weight is 411 g/mol. The molecule has 1 aliphatic heterocycles. The van der Waals surface area contributed by atoms with E-state index in [1.54, 1.807) is 0 Å². The molecular weight excluding hydrogens is 376 g/mol. The van der Waals surface area contributed by atoms with Gasteiger partial charge in [0.25, 0.3) is 5.91 Å². The quantitative estimate of drug-likeness (QED) is 0.571. The van der Waals surface area contributed by atoms with Crippen LogP contribution in [0.4, 0.5) is 0 Å². The summed E-state index contributed by atoms with van der Waals surface area (Å²) < 4.78 is 11.4. The van der Waals surface area contributed by atoms with E-state index in [1.165, 1.54) is 5.56 Å². The summed E-state index contributed by atoms with van der Waals surface area (Å²) >= 11 is 0. The smallest absolute Gasteiger partial charge is 0.251 e. The lowest BCUT2D eigenvalue weighted by Gasteiger charge is -2.32. The van der Waals surface area contributed by atoms with Crippen LogP contribution in [-0.2, 0) is 11.2 Å². The zero-order chi connectivity index (χ0) is 21.0. The highest BCUT2D eigenvalue weighted by Gasteiger charge is 2.20. The summed E-state index contributed by atoms with van der Waals surface area (Å²) in [5.41, 5.74) is 2.06. The van der Waals surface area contributed by atoms with Gasteiger partial charge in [-0.05, 0) is 62.4 Å². The molecule has 30 heavy (non-hydrogen) atoms. The zero-order valence-corrected chi connectivity index (χ0v) is 18.0. The van der Waals surface area contributed by atoms with E-state index in [-0.39, 0.29) is 12.0 Å². The number of hydrogen-bond donors (Lipinski definition) is 1. The summed E-state index contributed by atoms with van der Waals surface area (Å²) in [5, 5.41) is 2.92. The third kappa shape index (κ3) is 7.47. The maximum absolute atomic E-state index is 12.2. The van der Waals surface area contributed by atoms with Crippen LogP contribution in [0.15, 0.2) is 54.6 Å². The summed E-state index contributed by atoms with van der Waals surface area (Å²) in [6.45, 7) is 7.22. The standard InChI is InChI=1S/C25H34N2O3/c1-2-29-20-6-16-26-25(28)22-9-11-23(12-10-22)30-24-14-18-27(19-15-24)17-13-21-7-4-3-5-8-21/h3-5,7-12,24H,2,6,13-20H2,1H3,(H,26,28). The van der Waals surface area contributed by atoms with E-state index in [0.29, 0.717) is 25.3 Å². The van der Waals surface area contributed by atoms with Gasteiger partial charge >= 0.3 is 0 Å². The fourth-order valence-electron chi connectivity index (χ4n) is 3.68. The van der Waals surface area contributed by atoms with Crippen LogP contribution in [0.1, 0.15) is 42.1 Å². The molecule has 5 heteroatoms. The summed E-state index contributed by atoms with van der Waals surface area (Å²) in [5.74, 6) is 0.787. The number of carbonyl (C=O) groups is 1. The highest BCUT2D eigenvalue weighted by Crippen LogP contribution is 2.20. The molecule has 2 aromatic rings. The van der Waals surface area contributed by atoms with Gasteiger partial charge in [-0.1, -0.05) is 30.3 Å². The third-order valence-corrected chi connectivity index (χ3v) is 5.47. The number of amides is 1. The second kappa shape index (κ2) is 12.4. The Hall–Kier alpha value is -2.37. The number of ether oxygens (including phenoxy) is 2. The van der Waals surface area contributed by atoms with Crippen molar-refractivity contribution in [3.05, 3.63) is 65.7 Å². The van der Waals surface area contributed by atoms with Gasteiger partial charge in [0.1, 0.15) is 11.9 Å². The van der Waals surface area contributed by atoms with Crippen LogP contribution in [-0.4, -0.2) is 56.3 Å². The molecule has 0 aliphatic carbocycles. The summed E-state index contributed by atoms with van der Waals surface area (Å²) in [6, 6.07) is 18.1. The van der Waals surface area contributed by atoms with Crippen LogP contribution in [0.5, 0.6) is 5.75 Å². The van der Waals surface area contributed by atoms with E-state index in [4.69, 9.17) is 9.47 Å². The topological polar surface area (TPSA) is 50.8 Å². The van der Waals surface area contributed by atoms with Gasteiger partial charge in [-0.15, -0.1) is 0 Å². The van der Waals surface area contributed by atoms with Gasteiger partial charge in [0.15, 0.2) is 0 Å². The van der Waals surface area contributed by atoms with Crippen LogP contribution in [0.2, 0.25) is 0 Å². The second-order valence-corrected chi connectivity index (χ2v) is 7.73. The maximum Gasteiger partial charge on any atom is 0.251 e. The first kappa shape index (κ1) is 22.3. The number of piperidine rings is 1. The normalized spacial score (nSPS) is 15.1. The number of benzene rings is 2. The summed E-state index contributed by atoms with van der Waals surface area (Å²) in [6.07, 6.45) is 4.25. The van der Waals surface area contributed by atoms with Crippen LogP contribution in [0, 0.1) is 0 Å². The van der Waals surface area contributed by atoms with Gasteiger partial charge in [0, 0.05) is 45.0 Å². The number of likely N-dealkylation sites (tertiary alicyclic amines) is 1. The Morgan fingerprint density at radius 2 is 1.80 bits per heavy atom. The first-order valence-corrected chi connectivity index (χ1v) is 11.1. The number of rotatable bonds is 11. The second-order valence-electron chi connectivity index (χ2n) is 7.73. The Labute approximate surface area is 180 Å². The average Bonchev–Trinajstić information content (AvgIpc) is 2.79. The molecule has 1 aliphatic rings. The molecule has 1 N–H and O–H groups in total.